The van der Waals surface area contributed by atoms with Gasteiger partial charge in [-0.2, -0.15) is 4.39 Å². The number of hydrogen-bond donors (Lipinski definition) is 3. The molecule has 0 fully saturated rings. The number of hydrogen-bond acceptors (Lipinski definition) is 6. The highest BCUT2D eigenvalue weighted by Gasteiger charge is 2.24. The van der Waals surface area contributed by atoms with E-state index in [1.807, 2.05) is 0 Å². The van der Waals surface area contributed by atoms with E-state index >= 15 is 0 Å². The van der Waals surface area contributed by atoms with Gasteiger partial charge in [0.15, 0.2) is 11.6 Å². The number of nitrogens with zero attached hydrogens (tertiary/aromatic N) is 3. The van der Waals surface area contributed by atoms with Gasteiger partial charge in [-0.15, -0.1) is 0 Å². The molecule has 8 nitrogen and oxygen atoms in total. The molecule has 0 saturated heterocycles. The van der Waals surface area contributed by atoms with Crippen LogP contribution in [0.2, 0.25) is 0 Å². The standard InChI is InChI=1S/C24H18F4N6O2/c1-10(33-23-16-8-13(25)7-15(22(29)35)20(16)30-9-31-23)12-4-3-5-14(6-12)34-24(36)17-19(27)18(26)11(2)32-21(17)28/h3-10H,1-2H3,(H2,29,35)(H,34,36)(H,30,31,33). The van der Waals surface area contributed by atoms with Crippen LogP contribution in [0.3, 0.4) is 0 Å². The van der Waals surface area contributed by atoms with E-state index in [0.29, 0.717) is 5.56 Å². The number of fused-ring (bicyclic) bond motifs is 1. The topological polar surface area (TPSA) is 123 Å². The summed E-state index contributed by atoms with van der Waals surface area (Å²) in [4.78, 5) is 35.5. The Balaban J connectivity index is 1.61. The average molecular weight is 498 g/mol. The lowest BCUT2D eigenvalue weighted by Gasteiger charge is -2.18. The Morgan fingerprint density at radius 2 is 1.78 bits per heavy atom. The summed E-state index contributed by atoms with van der Waals surface area (Å²) in [5.74, 6) is -7.04. The van der Waals surface area contributed by atoms with Crippen LogP contribution in [0, 0.1) is 30.3 Å². The van der Waals surface area contributed by atoms with Crippen molar-refractivity contribution in [1.29, 1.82) is 0 Å². The zero-order valence-electron chi connectivity index (χ0n) is 18.9. The molecule has 0 aliphatic carbocycles. The van der Waals surface area contributed by atoms with Crippen molar-refractivity contribution < 1.29 is 27.2 Å². The van der Waals surface area contributed by atoms with Gasteiger partial charge in [0, 0.05) is 11.1 Å². The first-order chi connectivity index (χ1) is 17.1. The molecule has 4 N–H and O–H groups in total. The number of primary amides is 1. The van der Waals surface area contributed by atoms with E-state index in [4.69, 9.17) is 5.73 Å². The maximum atomic E-state index is 14.2. The lowest BCUT2D eigenvalue weighted by Crippen LogP contribution is -2.19. The third kappa shape index (κ3) is 4.65. The van der Waals surface area contributed by atoms with Crippen molar-refractivity contribution in [3.8, 4) is 0 Å². The number of nitrogens with two attached hydrogens (primary N) is 1. The van der Waals surface area contributed by atoms with Crippen LogP contribution < -0.4 is 16.4 Å². The minimum atomic E-state index is -1.64. The van der Waals surface area contributed by atoms with Gasteiger partial charge in [-0.05, 0) is 43.7 Å². The summed E-state index contributed by atoms with van der Waals surface area (Å²) in [6.45, 7) is 2.81. The summed E-state index contributed by atoms with van der Waals surface area (Å²) in [7, 11) is 0. The molecule has 0 radical (unpaired) electrons. The zero-order valence-corrected chi connectivity index (χ0v) is 18.9. The van der Waals surface area contributed by atoms with Crippen molar-refractivity contribution in [2.24, 2.45) is 5.73 Å². The Hall–Kier alpha value is -4.61. The maximum Gasteiger partial charge on any atom is 0.263 e. The second-order valence-corrected chi connectivity index (χ2v) is 7.87. The highest BCUT2D eigenvalue weighted by Crippen LogP contribution is 2.28. The molecule has 0 spiro atoms. The van der Waals surface area contributed by atoms with E-state index in [1.54, 1.807) is 19.1 Å². The van der Waals surface area contributed by atoms with Crippen LogP contribution in [0.4, 0.5) is 29.1 Å². The van der Waals surface area contributed by atoms with E-state index < -0.39 is 52.5 Å². The second-order valence-electron chi connectivity index (χ2n) is 7.87. The van der Waals surface area contributed by atoms with Crippen LogP contribution in [0.15, 0.2) is 42.7 Å². The number of carbonyl (C=O) groups excluding carboxylic acids is 2. The molecule has 0 aliphatic rings. The number of halogens is 4. The van der Waals surface area contributed by atoms with E-state index in [-0.39, 0.29) is 28.0 Å². The number of nitrogens with one attached hydrogen (secondary N) is 2. The van der Waals surface area contributed by atoms with Crippen LogP contribution in [0.5, 0.6) is 0 Å². The van der Waals surface area contributed by atoms with E-state index in [0.717, 1.165) is 19.1 Å². The summed E-state index contributed by atoms with van der Waals surface area (Å²) in [5, 5.41) is 5.62. The molecule has 0 bridgehead atoms. The summed E-state index contributed by atoms with van der Waals surface area (Å²) < 4.78 is 56.1. The quantitative estimate of drug-likeness (QED) is 0.267. The number of benzene rings is 2. The fourth-order valence-electron chi connectivity index (χ4n) is 3.61. The summed E-state index contributed by atoms with van der Waals surface area (Å²) in [5.41, 5.74) is 4.50. The number of aromatic nitrogens is 3. The first kappa shape index (κ1) is 24.5. The molecule has 4 rings (SSSR count). The van der Waals surface area contributed by atoms with Crippen molar-refractivity contribution in [2.45, 2.75) is 19.9 Å². The lowest BCUT2D eigenvalue weighted by atomic mass is 10.1. The van der Waals surface area contributed by atoms with Crippen LogP contribution in [-0.4, -0.2) is 26.8 Å². The Morgan fingerprint density at radius 3 is 2.50 bits per heavy atom. The summed E-state index contributed by atoms with van der Waals surface area (Å²) in [6, 6.07) is 7.92. The first-order valence-electron chi connectivity index (χ1n) is 10.5. The van der Waals surface area contributed by atoms with Crippen molar-refractivity contribution in [3.63, 3.8) is 0 Å². The average Bonchev–Trinajstić information content (AvgIpc) is 2.82. The largest absolute Gasteiger partial charge is 0.366 e. The number of pyridine rings is 1. The SMILES string of the molecule is Cc1nc(F)c(C(=O)Nc2cccc(C(C)Nc3ncnc4c(C(N)=O)cc(F)cc34)c2)c(F)c1F. The molecule has 2 amide bonds. The molecule has 2 heterocycles. The Bertz CT molecular complexity index is 1530. The van der Waals surface area contributed by atoms with E-state index in [2.05, 4.69) is 25.6 Å². The first-order valence-corrected chi connectivity index (χ1v) is 10.5. The van der Waals surface area contributed by atoms with Gasteiger partial charge < -0.3 is 16.4 Å². The third-order valence-corrected chi connectivity index (χ3v) is 5.40. The van der Waals surface area contributed by atoms with Gasteiger partial charge >= 0.3 is 0 Å². The van der Waals surface area contributed by atoms with Crippen molar-refractivity contribution in [1.82, 2.24) is 15.0 Å². The Kier molecular flexibility index (Phi) is 6.51. The Morgan fingerprint density at radius 1 is 1.03 bits per heavy atom. The number of rotatable bonds is 6. The van der Waals surface area contributed by atoms with Crippen molar-refractivity contribution >= 4 is 34.2 Å². The maximum absolute atomic E-state index is 14.2. The van der Waals surface area contributed by atoms with Crippen LogP contribution in [0.1, 0.15) is 44.9 Å². The number of anilines is 2. The molecule has 0 aliphatic heterocycles. The van der Waals surface area contributed by atoms with E-state index in [9.17, 15) is 27.2 Å². The molecule has 1 unspecified atom stereocenters. The monoisotopic (exact) mass is 498 g/mol. The molecule has 12 heteroatoms. The fourth-order valence-corrected chi connectivity index (χ4v) is 3.61. The molecule has 4 aromatic rings. The van der Waals surface area contributed by atoms with Gasteiger partial charge in [-0.3, -0.25) is 9.59 Å². The molecule has 1 atom stereocenters. The molecule has 184 valence electrons. The fraction of sp³-hybridized carbons (Fsp3) is 0.125. The molecule has 2 aromatic carbocycles. The van der Waals surface area contributed by atoms with E-state index in [1.165, 1.54) is 18.5 Å². The van der Waals surface area contributed by atoms with Gasteiger partial charge in [0.1, 0.15) is 23.5 Å². The summed E-state index contributed by atoms with van der Waals surface area (Å²) >= 11 is 0. The van der Waals surface area contributed by atoms with Gasteiger partial charge in [-0.25, -0.2) is 28.1 Å². The molecule has 0 saturated carbocycles. The minimum absolute atomic E-state index is 0.102. The minimum Gasteiger partial charge on any atom is -0.366 e. The van der Waals surface area contributed by atoms with Crippen molar-refractivity contribution in [3.05, 3.63) is 88.5 Å². The third-order valence-electron chi connectivity index (χ3n) is 5.40. The molecule has 2 aromatic heterocycles. The molecule has 36 heavy (non-hydrogen) atoms. The predicted molar refractivity (Wildman–Crippen MR) is 123 cm³/mol. The van der Waals surface area contributed by atoms with Gasteiger partial charge in [0.2, 0.25) is 5.95 Å². The molecular formula is C24H18F4N6O2. The lowest BCUT2D eigenvalue weighted by molar-refractivity contribution is 0.0996. The number of carbonyl (C=O) groups is 2. The highest BCUT2D eigenvalue weighted by atomic mass is 19.2. The van der Waals surface area contributed by atoms with Crippen LogP contribution in [-0.2, 0) is 0 Å². The van der Waals surface area contributed by atoms with Crippen LogP contribution >= 0.6 is 0 Å². The summed E-state index contributed by atoms with van der Waals surface area (Å²) in [6.07, 6.45) is 1.19. The normalized spacial score (nSPS) is 11.8. The number of aryl methyl sites for hydroxylation is 1. The predicted octanol–water partition coefficient (Wildman–Crippen LogP) is 4.41. The van der Waals surface area contributed by atoms with Gasteiger partial charge in [0.25, 0.3) is 11.8 Å². The smallest absolute Gasteiger partial charge is 0.263 e. The van der Waals surface area contributed by atoms with Gasteiger partial charge in [0.05, 0.1) is 22.8 Å². The van der Waals surface area contributed by atoms with Crippen LogP contribution in [0.25, 0.3) is 10.9 Å². The Labute approximate surface area is 201 Å². The van der Waals surface area contributed by atoms with Gasteiger partial charge in [-0.1, -0.05) is 12.1 Å². The number of amides is 2. The molecular weight excluding hydrogens is 480 g/mol. The second kappa shape index (κ2) is 9.56. The highest BCUT2D eigenvalue weighted by molar-refractivity contribution is 6.07. The van der Waals surface area contributed by atoms with Crippen molar-refractivity contribution in [2.75, 3.05) is 10.6 Å². The zero-order chi connectivity index (χ0) is 26.1.